The minimum atomic E-state index is -0.140. The molecule has 2 amide bonds. The third-order valence-corrected chi connectivity index (χ3v) is 5.14. The Kier molecular flexibility index (Phi) is 4.87. The fraction of sp³-hybridized carbons (Fsp3) is 0.444. The zero-order valence-electron chi connectivity index (χ0n) is 16.3. The number of hydrogen-bond acceptors (Lipinski definition) is 8. The van der Waals surface area contributed by atoms with Gasteiger partial charge in [-0.05, 0) is 17.2 Å². The van der Waals surface area contributed by atoms with Crippen molar-refractivity contribution in [3.05, 3.63) is 18.0 Å². The summed E-state index contributed by atoms with van der Waals surface area (Å²) in [6.07, 6.45) is 3.62. The van der Waals surface area contributed by atoms with E-state index in [-0.39, 0.29) is 17.6 Å². The molecule has 1 fully saturated rings. The number of pyridine rings is 1. The number of nitrogen functional groups attached to an aromatic ring is 1. The van der Waals surface area contributed by atoms with Gasteiger partial charge < -0.3 is 20.1 Å². The van der Waals surface area contributed by atoms with Gasteiger partial charge in [0.25, 0.3) is 5.91 Å². The summed E-state index contributed by atoms with van der Waals surface area (Å²) >= 11 is 0. The standard InChI is InChI=1S/C18H22N8O3/c1-3-13(27)24-5-7-25(8-6-24)18(28)11-9-20-10-12-15(11)26(4-2)17(21-12)14-16(19)23-29-22-14/h9-10H,3-8H2,1-2H3,(H2,19,23). The van der Waals surface area contributed by atoms with Gasteiger partial charge in [0.15, 0.2) is 17.3 Å². The first-order valence-corrected chi connectivity index (χ1v) is 9.54. The molecule has 0 aliphatic carbocycles. The molecule has 2 N–H and O–H groups in total. The summed E-state index contributed by atoms with van der Waals surface area (Å²) in [6.45, 7) is 6.34. The number of carbonyl (C=O) groups is 2. The maximum Gasteiger partial charge on any atom is 0.257 e. The van der Waals surface area contributed by atoms with Crippen molar-refractivity contribution in [2.45, 2.75) is 26.8 Å². The minimum absolute atomic E-state index is 0.105. The molecular weight excluding hydrogens is 376 g/mol. The molecule has 4 rings (SSSR count). The van der Waals surface area contributed by atoms with Gasteiger partial charge in [-0.3, -0.25) is 14.6 Å². The second-order valence-electron chi connectivity index (χ2n) is 6.76. The normalized spacial score (nSPS) is 14.6. The number of nitrogens with zero attached hydrogens (tertiary/aromatic N) is 7. The molecule has 1 aliphatic heterocycles. The number of aryl methyl sites for hydroxylation is 1. The van der Waals surface area contributed by atoms with Crippen LogP contribution >= 0.6 is 0 Å². The number of piperazine rings is 1. The summed E-state index contributed by atoms with van der Waals surface area (Å²) in [6, 6.07) is 0. The number of carbonyl (C=O) groups excluding carboxylic acids is 2. The highest BCUT2D eigenvalue weighted by Crippen LogP contribution is 2.28. The van der Waals surface area contributed by atoms with E-state index in [1.807, 2.05) is 18.4 Å². The van der Waals surface area contributed by atoms with Crippen LogP contribution < -0.4 is 5.73 Å². The molecule has 3 aromatic heterocycles. The number of anilines is 1. The molecule has 11 heteroatoms. The van der Waals surface area contributed by atoms with E-state index in [0.29, 0.717) is 67.3 Å². The van der Waals surface area contributed by atoms with Crippen LogP contribution in [0, 0.1) is 0 Å². The number of hydrogen-bond donors (Lipinski definition) is 1. The van der Waals surface area contributed by atoms with Crippen LogP contribution in [0.5, 0.6) is 0 Å². The molecule has 11 nitrogen and oxygen atoms in total. The molecule has 1 aliphatic rings. The third-order valence-electron chi connectivity index (χ3n) is 5.14. The first-order chi connectivity index (χ1) is 14.0. The van der Waals surface area contributed by atoms with Gasteiger partial charge in [-0.2, -0.15) is 0 Å². The van der Waals surface area contributed by atoms with Crippen LogP contribution in [-0.4, -0.2) is 72.6 Å². The van der Waals surface area contributed by atoms with Gasteiger partial charge in [-0.25, -0.2) is 9.61 Å². The minimum Gasteiger partial charge on any atom is -0.379 e. The second-order valence-corrected chi connectivity index (χ2v) is 6.76. The molecule has 0 aromatic carbocycles. The number of imidazole rings is 1. The molecule has 152 valence electrons. The van der Waals surface area contributed by atoms with Crippen molar-refractivity contribution in [2.75, 3.05) is 31.9 Å². The monoisotopic (exact) mass is 398 g/mol. The lowest BCUT2D eigenvalue weighted by Gasteiger charge is -2.34. The molecular formula is C18H22N8O3. The third kappa shape index (κ3) is 3.18. The Hall–Kier alpha value is -3.50. The maximum absolute atomic E-state index is 13.3. The molecule has 0 unspecified atom stereocenters. The van der Waals surface area contributed by atoms with Crippen molar-refractivity contribution in [2.24, 2.45) is 0 Å². The quantitative estimate of drug-likeness (QED) is 0.681. The highest BCUT2D eigenvalue weighted by atomic mass is 16.6. The predicted molar refractivity (Wildman–Crippen MR) is 104 cm³/mol. The average molecular weight is 398 g/mol. The number of aromatic nitrogens is 5. The molecule has 0 bridgehead atoms. The summed E-state index contributed by atoms with van der Waals surface area (Å²) in [5.41, 5.74) is 7.85. The first kappa shape index (κ1) is 18.8. The van der Waals surface area contributed by atoms with E-state index in [0.717, 1.165) is 0 Å². The van der Waals surface area contributed by atoms with E-state index in [4.69, 9.17) is 10.4 Å². The number of rotatable bonds is 4. The van der Waals surface area contributed by atoms with Gasteiger partial charge in [0, 0.05) is 45.3 Å². The SMILES string of the molecule is CCC(=O)N1CCN(C(=O)c2cncc3nc(-c4nonc4N)n(CC)c23)CC1. The Morgan fingerprint density at radius 1 is 1.10 bits per heavy atom. The molecule has 29 heavy (non-hydrogen) atoms. The summed E-state index contributed by atoms with van der Waals surface area (Å²) in [5, 5.41) is 7.45. The fourth-order valence-corrected chi connectivity index (χ4v) is 3.64. The molecule has 3 aromatic rings. The van der Waals surface area contributed by atoms with Crippen LogP contribution in [0.25, 0.3) is 22.6 Å². The van der Waals surface area contributed by atoms with Gasteiger partial charge in [0.2, 0.25) is 5.91 Å². The van der Waals surface area contributed by atoms with Gasteiger partial charge in [0.05, 0.1) is 17.3 Å². The van der Waals surface area contributed by atoms with Crippen LogP contribution in [0.4, 0.5) is 5.82 Å². The van der Waals surface area contributed by atoms with Crippen molar-refractivity contribution >= 4 is 28.7 Å². The van der Waals surface area contributed by atoms with Crippen LogP contribution in [0.2, 0.25) is 0 Å². The zero-order chi connectivity index (χ0) is 20.5. The number of amides is 2. The second kappa shape index (κ2) is 7.49. The lowest BCUT2D eigenvalue weighted by molar-refractivity contribution is -0.132. The highest BCUT2D eigenvalue weighted by Gasteiger charge is 2.28. The summed E-state index contributed by atoms with van der Waals surface area (Å²) < 4.78 is 6.56. The van der Waals surface area contributed by atoms with Gasteiger partial charge >= 0.3 is 0 Å². The Bertz CT molecular complexity index is 1060. The predicted octanol–water partition coefficient (Wildman–Crippen LogP) is 0.778. The average Bonchev–Trinajstić information content (AvgIpc) is 3.35. The topological polar surface area (TPSA) is 136 Å². The molecule has 0 saturated carbocycles. The van der Waals surface area contributed by atoms with Gasteiger partial charge in [0.1, 0.15) is 5.52 Å². The van der Waals surface area contributed by atoms with Crippen LogP contribution in [0.15, 0.2) is 17.0 Å². The van der Waals surface area contributed by atoms with Gasteiger partial charge in [-0.15, -0.1) is 0 Å². The van der Waals surface area contributed by atoms with Gasteiger partial charge in [-0.1, -0.05) is 6.92 Å². The lowest BCUT2D eigenvalue weighted by atomic mass is 10.2. The number of fused-ring (bicyclic) bond motifs is 1. The van der Waals surface area contributed by atoms with E-state index in [2.05, 4.69) is 20.3 Å². The summed E-state index contributed by atoms with van der Waals surface area (Å²) in [4.78, 5) is 37.4. The molecule has 4 heterocycles. The molecule has 1 saturated heterocycles. The molecule has 0 radical (unpaired) electrons. The van der Waals surface area contributed by atoms with E-state index in [1.165, 1.54) is 0 Å². The van der Waals surface area contributed by atoms with E-state index in [1.54, 1.807) is 22.2 Å². The van der Waals surface area contributed by atoms with Crippen molar-refractivity contribution in [1.82, 2.24) is 34.6 Å². The van der Waals surface area contributed by atoms with E-state index >= 15 is 0 Å². The zero-order valence-corrected chi connectivity index (χ0v) is 16.3. The van der Waals surface area contributed by atoms with Crippen LogP contribution in [0.3, 0.4) is 0 Å². The van der Waals surface area contributed by atoms with Crippen LogP contribution in [-0.2, 0) is 11.3 Å². The van der Waals surface area contributed by atoms with Crippen molar-refractivity contribution < 1.29 is 14.2 Å². The summed E-state index contributed by atoms with van der Waals surface area (Å²) in [5.74, 6) is 0.571. The molecule has 0 atom stereocenters. The Balaban J connectivity index is 1.70. The van der Waals surface area contributed by atoms with E-state index in [9.17, 15) is 9.59 Å². The fourth-order valence-electron chi connectivity index (χ4n) is 3.64. The van der Waals surface area contributed by atoms with Crippen molar-refractivity contribution in [3.8, 4) is 11.5 Å². The first-order valence-electron chi connectivity index (χ1n) is 9.54. The Labute approximate surface area is 166 Å². The van der Waals surface area contributed by atoms with Crippen molar-refractivity contribution in [3.63, 3.8) is 0 Å². The Morgan fingerprint density at radius 2 is 1.83 bits per heavy atom. The maximum atomic E-state index is 13.3. The largest absolute Gasteiger partial charge is 0.379 e. The highest BCUT2D eigenvalue weighted by molar-refractivity contribution is 6.05. The summed E-state index contributed by atoms with van der Waals surface area (Å²) in [7, 11) is 0. The van der Waals surface area contributed by atoms with Crippen molar-refractivity contribution in [1.29, 1.82) is 0 Å². The van der Waals surface area contributed by atoms with E-state index < -0.39 is 0 Å². The molecule has 0 spiro atoms. The lowest BCUT2D eigenvalue weighted by Crippen LogP contribution is -2.50. The Morgan fingerprint density at radius 3 is 2.45 bits per heavy atom. The van der Waals surface area contributed by atoms with Crippen LogP contribution in [0.1, 0.15) is 30.6 Å². The smallest absolute Gasteiger partial charge is 0.257 e. The number of nitrogens with two attached hydrogens (primary N) is 1.